The lowest BCUT2D eigenvalue weighted by molar-refractivity contribution is 0.555. The van der Waals surface area contributed by atoms with Crippen LogP contribution >= 0.6 is 24.0 Å². The summed E-state index contributed by atoms with van der Waals surface area (Å²) < 4.78 is 25.0. The van der Waals surface area contributed by atoms with Gasteiger partial charge in [-0.15, -0.1) is 24.0 Å². The molecule has 0 fully saturated rings. The minimum Gasteiger partial charge on any atom is -0.356 e. The second-order valence-electron chi connectivity index (χ2n) is 6.27. The molecule has 1 aromatic carbocycles. The third-order valence-corrected chi connectivity index (χ3v) is 5.11. The third kappa shape index (κ3) is 7.49. The fourth-order valence-electron chi connectivity index (χ4n) is 2.60. The van der Waals surface area contributed by atoms with Crippen molar-refractivity contribution in [3.8, 4) is 0 Å². The highest BCUT2D eigenvalue weighted by atomic mass is 127. The predicted octanol–water partition coefficient (Wildman–Crippen LogP) is 2.28. The maximum absolute atomic E-state index is 11.5. The molecule has 0 saturated heterocycles. The second kappa shape index (κ2) is 10.6. The van der Waals surface area contributed by atoms with E-state index in [-0.39, 0.29) is 24.0 Å². The van der Waals surface area contributed by atoms with Gasteiger partial charge in [0.2, 0.25) is 0 Å². The van der Waals surface area contributed by atoms with Gasteiger partial charge in [0.1, 0.15) is 0 Å². The first-order valence-corrected chi connectivity index (χ1v) is 10.4. The van der Waals surface area contributed by atoms with E-state index < -0.39 is 9.84 Å². The van der Waals surface area contributed by atoms with E-state index >= 15 is 0 Å². The molecule has 9 heteroatoms. The summed E-state index contributed by atoms with van der Waals surface area (Å²) in [5.41, 5.74) is 3.19. The molecule has 0 aliphatic heterocycles. The Morgan fingerprint density at radius 1 is 1.19 bits per heavy atom. The topological polar surface area (TPSA) is 88.4 Å². The molecule has 150 valence electrons. The summed E-state index contributed by atoms with van der Waals surface area (Å²) in [6.07, 6.45) is 2.14. The number of nitrogens with one attached hydrogen (secondary N) is 2. The molecule has 1 aromatic heterocycles. The van der Waals surface area contributed by atoms with Crippen molar-refractivity contribution in [2.45, 2.75) is 38.3 Å². The van der Waals surface area contributed by atoms with Gasteiger partial charge in [0.25, 0.3) is 0 Å². The van der Waals surface area contributed by atoms with Crippen molar-refractivity contribution >= 4 is 39.8 Å². The number of rotatable bonds is 7. The number of aliphatic imine (C=N–C) groups is 1. The minimum absolute atomic E-state index is 0. The molecule has 0 radical (unpaired) electrons. The first-order chi connectivity index (χ1) is 12.3. The van der Waals surface area contributed by atoms with Gasteiger partial charge in [-0.3, -0.25) is 9.67 Å². The number of halogens is 1. The zero-order valence-corrected chi connectivity index (χ0v) is 19.3. The summed E-state index contributed by atoms with van der Waals surface area (Å²) in [6.45, 7) is 6.27. The molecule has 7 nitrogen and oxygen atoms in total. The average molecular weight is 505 g/mol. The summed E-state index contributed by atoms with van der Waals surface area (Å²) in [6, 6.07) is 8.93. The van der Waals surface area contributed by atoms with Gasteiger partial charge in [-0.05, 0) is 44.0 Å². The van der Waals surface area contributed by atoms with E-state index in [0.717, 1.165) is 30.8 Å². The highest BCUT2D eigenvalue weighted by Gasteiger charge is 2.06. The molecule has 0 amide bonds. The van der Waals surface area contributed by atoms with Crippen LogP contribution in [0, 0.1) is 13.8 Å². The summed E-state index contributed by atoms with van der Waals surface area (Å²) in [5, 5.41) is 10.9. The Morgan fingerprint density at radius 2 is 1.85 bits per heavy atom. The van der Waals surface area contributed by atoms with Crippen molar-refractivity contribution in [3.63, 3.8) is 0 Å². The van der Waals surface area contributed by atoms with Crippen molar-refractivity contribution in [2.24, 2.45) is 4.99 Å². The van der Waals surface area contributed by atoms with Crippen LogP contribution in [0.25, 0.3) is 0 Å². The predicted molar refractivity (Wildman–Crippen MR) is 119 cm³/mol. The van der Waals surface area contributed by atoms with Crippen LogP contribution in [0.1, 0.15) is 23.4 Å². The van der Waals surface area contributed by atoms with Gasteiger partial charge in [0, 0.05) is 38.6 Å². The summed E-state index contributed by atoms with van der Waals surface area (Å²) in [7, 11) is -1.43. The lowest BCUT2D eigenvalue weighted by atomic mass is 10.2. The highest BCUT2D eigenvalue weighted by Crippen LogP contribution is 2.10. The first-order valence-electron chi connectivity index (χ1n) is 8.54. The largest absolute Gasteiger partial charge is 0.356 e. The monoisotopic (exact) mass is 505 g/mol. The molecule has 0 atom stereocenters. The molecule has 2 rings (SSSR count). The van der Waals surface area contributed by atoms with Crippen LogP contribution in [-0.2, 0) is 22.9 Å². The van der Waals surface area contributed by atoms with E-state index in [4.69, 9.17) is 0 Å². The Morgan fingerprint density at radius 3 is 2.37 bits per heavy atom. The fraction of sp³-hybridized carbons (Fsp3) is 0.444. The summed E-state index contributed by atoms with van der Waals surface area (Å²) in [4.78, 5) is 4.53. The summed E-state index contributed by atoms with van der Waals surface area (Å²) >= 11 is 0. The lowest BCUT2D eigenvalue weighted by Gasteiger charge is -2.12. The standard InChI is InChI=1S/C18H27N5O2S.HI/c1-14-12-15(2)23(22-14)11-5-10-20-18(19-3)21-13-16-6-8-17(9-7-16)26(4,24)25;/h6-9,12H,5,10-11,13H2,1-4H3,(H2,19,20,21);1H. The molecule has 0 aliphatic carbocycles. The van der Waals surface area contributed by atoms with Crippen LogP contribution in [-0.4, -0.2) is 44.0 Å². The van der Waals surface area contributed by atoms with Gasteiger partial charge >= 0.3 is 0 Å². The zero-order chi connectivity index (χ0) is 19.2. The molecule has 2 aromatic rings. The van der Waals surface area contributed by atoms with Gasteiger partial charge in [-0.1, -0.05) is 12.1 Å². The van der Waals surface area contributed by atoms with E-state index in [1.807, 2.05) is 11.6 Å². The minimum atomic E-state index is -3.16. The normalized spacial score (nSPS) is 11.8. The average Bonchev–Trinajstić information content (AvgIpc) is 2.91. The number of hydrogen-bond acceptors (Lipinski definition) is 4. The smallest absolute Gasteiger partial charge is 0.191 e. The number of guanidine groups is 1. The quantitative estimate of drug-likeness (QED) is 0.261. The molecular formula is C18H28IN5O2S. The Hall–Kier alpha value is -1.62. The van der Waals surface area contributed by atoms with E-state index in [1.54, 1.807) is 31.3 Å². The van der Waals surface area contributed by atoms with Crippen LogP contribution in [0.3, 0.4) is 0 Å². The number of aryl methyl sites for hydroxylation is 3. The molecule has 0 bridgehead atoms. The maximum Gasteiger partial charge on any atom is 0.191 e. The number of benzene rings is 1. The van der Waals surface area contributed by atoms with Crippen LogP contribution in [0.4, 0.5) is 0 Å². The van der Waals surface area contributed by atoms with Crippen LogP contribution in [0.15, 0.2) is 40.2 Å². The second-order valence-corrected chi connectivity index (χ2v) is 8.29. The molecule has 27 heavy (non-hydrogen) atoms. The third-order valence-electron chi connectivity index (χ3n) is 3.98. The molecule has 1 heterocycles. The first kappa shape index (κ1) is 23.4. The Balaban J connectivity index is 0.00000364. The summed E-state index contributed by atoms with van der Waals surface area (Å²) in [5.74, 6) is 0.713. The van der Waals surface area contributed by atoms with Crippen molar-refractivity contribution in [1.29, 1.82) is 0 Å². The van der Waals surface area contributed by atoms with Crippen molar-refractivity contribution in [1.82, 2.24) is 20.4 Å². The fourth-order valence-corrected chi connectivity index (χ4v) is 3.23. The SMILES string of the molecule is CN=C(NCCCn1nc(C)cc1C)NCc1ccc(S(C)(=O)=O)cc1.I. The number of hydrogen-bond donors (Lipinski definition) is 2. The lowest BCUT2D eigenvalue weighted by Crippen LogP contribution is -2.37. The molecule has 0 unspecified atom stereocenters. The zero-order valence-electron chi connectivity index (χ0n) is 16.2. The van der Waals surface area contributed by atoms with Crippen molar-refractivity contribution in [2.75, 3.05) is 19.8 Å². The van der Waals surface area contributed by atoms with E-state index in [2.05, 4.69) is 33.7 Å². The molecular weight excluding hydrogens is 477 g/mol. The van der Waals surface area contributed by atoms with Crippen LogP contribution < -0.4 is 10.6 Å². The number of nitrogens with zero attached hydrogens (tertiary/aromatic N) is 3. The van der Waals surface area contributed by atoms with E-state index in [0.29, 0.717) is 17.4 Å². The van der Waals surface area contributed by atoms with Gasteiger partial charge in [-0.2, -0.15) is 5.10 Å². The Bertz CT molecular complexity index is 860. The van der Waals surface area contributed by atoms with Crippen molar-refractivity contribution in [3.05, 3.63) is 47.3 Å². The van der Waals surface area contributed by atoms with Crippen LogP contribution in [0.2, 0.25) is 0 Å². The van der Waals surface area contributed by atoms with Gasteiger partial charge < -0.3 is 10.6 Å². The molecule has 0 spiro atoms. The number of aromatic nitrogens is 2. The van der Waals surface area contributed by atoms with Crippen molar-refractivity contribution < 1.29 is 8.42 Å². The molecule has 0 aliphatic rings. The van der Waals surface area contributed by atoms with E-state index in [1.165, 1.54) is 11.9 Å². The Kier molecular flexibility index (Phi) is 9.23. The number of sulfone groups is 1. The van der Waals surface area contributed by atoms with E-state index in [9.17, 15) is 8.42 Å². The molecule has 2 N–H and O–H groups in total. The van der Waals surface area contributed by atoms with Gasteiger partial charge in [0.15, 0.2) is 15.8 Å². The maximum atomic E-state index is 11.5. The Labute approximate surface area is 178 Å². The molecule has 0 saturated carbocycles. The van der Waals surface area contributed by atoms with Gasteiger partial charge in [0.05, 0.1) is 10.6 Å². The van der Waals surface area contributed by atoms with Crippen LogP contribution in [0.5, 0.6) is 0 Å². The highest BCUT2D eigenvalue weighted by molar-refractivity contribution is 14.0. The van der Waals surface area contributed by atoms with Gasteiger partial charge in [-0.25, -0.2) is 8.42 Å².